The Kier molecular flexibility index (Phi) is 8.71. The van der Waals surface area contributed by atoms with Gasteiger partial charge in [0, 0.05) is 12.7 Å². The van der Waals surface area contributed by atoms with Crippen molar-refractivity contribution in [2.45, 2.75) is 90.0 Å². The van der Waals surface area contributed by atoms with E-state index in [1.807, 2.05) is 18.2 Å². The van der Waals surface area contributed by atoms with Gasteiger partial charge in [0.25, 0.3) is 0 Å². The normalized spacial score (nSPS) is 22.1. The summed E-state index contributed by atoms with van der Waals surface area (Å²) < 4.78 is 18.2. The maximum absolute atomic E-state index is 9.25. The fourth-order valence-corrected chi connectivity index (χ4v) is 4.69. The van der Waals surface area contributed by atoms with Crippen LogP contribution in [0, 0.1) is 5.92 Å². The molecule has 0 aromatic heterocycles. The van der Waals surface area contributed by atoms with E-state index >= 15 is 0 Å². The van der Waals surface area contributed by atoms with Gasteiger partial charge < -0.3 is 19.0 Å². The molecule has 0 bridgehead atoms. The molecule has 160 valence electrons. The maximum atomic E-state index is 9.25. The van der Waals surface area contributed by atoms with Gasteiger partial charge in [0.2, 0.25) is 0 Å². The van der Waals surface area contributed by atoms with E-state index in [1.165, 1.54) is 5.56 Å². The summed E-state index contributed by atoms with van der Waals surface area (Å²) in [5.41, 5.74) is 1.21. The van der Waals surface area contributed by atoms with Gasteiger partial charge in [-0.05, 0) is 48.9 Å². The number of epoxide rings is 1. The van der Waals surface area contributed by atoms with Crippen molar-refractivity contribution in [3.05, 3.63) is 35.9 Å². The molecule has 1 aliphatic heterocycles. The average Bonchev–Trinajstić information content (AvgIpc) is 3.38. The van der Waals surface area contributed by atoms with Crippen molar-refractivity contribution in [1.29, 1.82) is 0 Å². The summed E-state index contributed by atoms with van der Waals surface area (Å²) in [7, 11) is -1.84. The zero-order chi connectivity index (χ0) is 20.8. The SMILES string of the molecule is C[C@@H](C[C@@H]1O[C@H]1CO)[C@H](CCCOCc1ccccc1)O[Si](C)(C)C(C)(C)C. The highest BCUT2D eigenvalue weighted by Crippen LogP contribution is 2.40. The predicted octanol–water partition coefficient (Wildman–Crippen LogP) is 5.16. The molecule has 2 rings (SSSR count). The first-order valence-electron chi connectivity index (χ1n) is 10.7. The molecule has 1 aromatic rings. The first-order chi connectivity index (χ1) is 13.1. The lowest BCUT2D eigenvalue weighted by Crippen LogP contribution is -2.45. The molecule has 1 aromatic carbocycles. The van der Waals surface area contributed by atoms with Crippen molar-refractivity contribution in [1.82, 2.24) is 0 Å². The van der Waals surface area contributed by atoms with Crippen LogP contribution < -0.4 is 0 Å². The van der Waals surface area contributed by atoms with Crippen LogP contribution in [0.4, 0.5) is 0 Å². The molecule has 1 aliphatic rings. The summed E-state index contributed by atoms with van der Waals surface area (Å²) in [6, 6.07) is 10.3. The number of aliphatic hydroxyl groups excluding tert-OH is 1. The zero-order valence-corrected chi connectivity index (χ0v) is 19.6. The van der Waals surface area contributed by atoms with Gasteiger partial charge in [0.1, 0.15) is 6.10 Å². The third-order valence-corrected chi connectivity index (χ3v) is 10.8. The highest BCUT2D eigenvalue weighted by molar-refractivity contribution is 6.74. The molecule has 1 heterocycles. The summed E-state index contributed by atoms with van der Waals surface area (Å²) in [5, 5.41) is 9.44. The van der Waals surface area contributed by atoms with Crippen LogP contribution in [0.2, 0.25) is 18.1 Å². The minimum Gasteiger partial charge on any atom is -0.414 e. The van der Waals surface area contributed by atoms with E-state index in [0.717, 1.165) is 25.9 Å². The third-order valence-electron chi connectivity index (χ3n) is 6.25. The minimum atomic E-state index is -1.84. The van der Waals surface area contributed by atoms with Crippen LogP contribution >= 0.6 is 0 Å². The van der Waals surface area contributed by atoms with Gasteiger partial charge in [0.05, 0.1) is 19.3 Å². The highest BCUT2D eigenvalue weighted by atomic mass is 28.4. The number of benzene rings is 1. The Bertz CT molecular complexity index is 570. The van der Waals surface area contributed by atoms with Gasteiger partial charge >= 0.3 is 0 Å². The fraction of sp³-hybridized carbons (Fsp3) is 0.739. The van der Waals surface area contributed by atoms with E-state index < -0.39 is 8.32 Å². The first-order valence-corrected chi connectivity index (χ1v) is 13.6. The molecule has 0 radical (unpaired) electrons. The largest absolute Gasteiger partial charge is 0.414 e. The van der Waals surface area contributed by atoms with Crippen LogP contribution in [-0.4, -0.2) is 44.9 Å². The summed E-state index contributed by atoms with van der Waals surface area (Å²) in [6.07, 6.45) is 3.38. The van der Waals surface area contributed by atoms with Crippen LogP contribution in [-0.2, 0) is 20.5 Å². The van der Waals surface area contributed by atoms with Crippen molar-refractivity contribution in [2.24, 2.45) is 5.92 Å². The van der Waals surface area contributed by atoms with E-state index in [2.05, 4.69) is 52.9 Å². The van der Waals surface area contributed by atoms with Crippen LogP contribution in [0.5, 0.6) is 0 Å². The van der Waals surface area contributed by atoms with E-state index in [1.54, 1.807) is 0 Å². The van der Waals surface area contributed by atoms with E-state index in [0.29, 0.717) is 12.5 Å². The topological polar surface area (TPSA) is 51.2 Å². The second kappa shape index (κ2) is 10.3. The number of hydrogen-bond donors (Lipinski definition) is 1. The Hall–Kier alpha value is -0.723. The number of ether oxygens (including phenoxy) is 2. The quantitative estimate of drug-likeness (QED) is 0.295. The minimum absolute atomic E-state index is 0.0326. The lowest BCUT2D eigenvalue weighted by molar-refractivity contribution is 0.0767. The van der Waals surface area contributed by atoms with Gasteiger partial charge in [-0.25, -0.2) is 0 Å². The lowest BCUT2D eigenvalue weighted by Gasteiger charge is -2.41. The molecular formula is C23H40O4Si. The molecule has 0 spiro atoms. The Morgan fingerprint density at radius 2 is 1.82 bits per heavy atom. The summed E-state index contributed by atoms with van der Waals surface area (Å²) in [4.78, 5) is 0. The predicted molar refractivity (Wildman–Crippen MR) is 117 cm³/mol. The molecule has 1 fully saturated rings. The maximum Gasteiger partial charge on any atom is 0.192 e. The van der Waals surface area contributed by atoms with E-state index in [4.69, 9.17) is 13.9 Å². The Balaban J connectivity index is 1.84. The molecular weight excluding hydrogens is 368 g/mol. The van der Waals surface area contributed by atoms with Gasteiger partial charge in [0.15, 0.2) is 8.32 Å². The molecule has 0 amide bonds. The first kappa shape index (κ1) is 23.6. The molecule has 0 aliphatic carbocycles. The molecule has 4 nitrogen and oxygen atoms in total. The summed E-state index contributed by atoms with van der Waals surface area (Å²) >= 11 is 0. The molecule has 4 atom stereocenters. The molecule has 28 heavy (non-hydrogen) atoms. The second-order valence-electron chi connectivity index (χ2n) is 9.71. The Morgan fingerprint density at radius 1 is 1.14 bits per heavy atom. The smallest absolute Gasteiger partial charge is 0.192 e. The van der Waals surface area contributed by atoms with Gasteiger partial charge in [-0.15, -0.1) is 0 Å². The Morgan fingerprint density at radius 3 is 2.39 bits per heavy atom. The number of aliphatic hydroxyl groups is 1. The van der Waals surface area contributed by atoms with Crippen molar-refractivity contribution >= 4 is 8.32 Å². The second-order valence-corrected chi connectivity index (χ2v) is 14.5. The third kappa shape index (κ3) is 7.27. The van der Waals surface area contributed by atoms with Crippen molar-refractivity contribution < 1.29 is 19.0 Å². The fourth-order valence-electron chi connectivity index (χ4n) is 3.23. The van der Waals surface area contributed by atoms with Crippen LogP contribution in [0.1, 0.15) is 52.5 Å². The average molecular weight is 409 g/mol. The van der Waals surface area contributed by atoms with Gasteiger partial charge in [-0.2, -0.15) is 0 Å². The van der Waals surface area contributed by atoms with E-state index in [-0.39, 0.29) is 30.0 Å². The van der Waals surface area contributed by atoms with Crippen molar-refractivity contribution in [3.63, 3.8) is 0 Å². The molecule has 1 N–H and O–H groups in total. The summed E-state index contributed by atoms with van der Waals surface area (Å²) in [5.74, 6) is 0.407. The Labute approximate surface area is 172 Å². The molecule has 0 saturated carbocycles. The standard InChI is InChI=1S/C23H40O4Si/c1-18(15-21-22(16-24)26-21)20(27-28(5,6)23(2,3)4)13-10-14-25-17-19-11-8-7-9-12-19/h7-9,11-12,18,20-22,24H,10,13-17H2,1-6H3/t18-,20-,21-,22-/m0/s1. The van der Waals surface area contributed by atoms with Crippen LogP contribution in [0.3, 0.4) is 0 Å². The zero-order valence-electron chi connectivity index (χ0n) is 18.6. The summed E-state index contributed by atoms with van der Waals surface area (Å²) in [6.45, 7) is 15.3. The monoisotopic (exact) mass is 408 g/mol. The lowest BCUT2D eigenvalue weighted by atomic mass is 9.95. The van der Waals surface area contributed by atoms with Crippen molar-refractivity contribution in [3.8, 4) is 0 Å². The van der Waals surface area contributed by atoms with Gasteiger partial charge in [-0.1, -0.05) is 58.0 Å². The van der Waals surface area contributed by atoms with Crippen LogP contribution in [0.25, 0.3) is 0 Å². The number of hydrogen-bond acceptors (Lipinski definition) is 4. The molecule has 5 heteroatoms. The molecule has 1 saturated heterocycles. The van der Waals surface area contributed by atoms with Crippen molar-refractivity contribution in [2.75, 3.05) is 13.2 Å². The van der Waals surface area contributed by atoms with E-state index in [9.17, 15) is 5.11 Å². The van der Waals surface area contributed by atoms with Gasteiger partial charge in [-0.3, -0.25) is 0 Å². The highest BCUT2D eigenvalue weighted by Gasteiger charge is 2.43. The molecule has 0 unspecified atom stereocenters. The van der Waals surface area contributed by atoms with Crippen LogP contribution in [0.15, 0.2) is 30.3 Å². The number of rotatable bonds is 12.